The number of carbonyl (C=O) groups is 2. The summed E-state index contributed by atoms with van der Waals surface area (Å²) < 4.78 is 0. The summed E-state index contributed by atoms with van der Waals surface area (Å²) in [6.45, 7) is 1.88. The van der Waals surface area contributed by atoms with Gasteiger partial charge in [-0.1, -0.05) is 0 Å². The second-order valence-electron chi connectivity index (χ2n) is 3.01. The maximum Gasteiger partial charge on any atom is 0.431 e. The first-order chi connectivity index (χ1) is 6.52. The standard InChI is InChI=1S/C7H12N2O5/c1-5-4-14-9(7(12)13)3-2-8(5)6(10)11/h5H,2-4H2,1H3,(H,10,11)(H,12,13)/t5-/m1/s1. The zero-order chi connectivity index (χ0) is 10.7. The van der Waals surface area contributed by atoms with Gasteiger partial charge in [-0.15, -0.1) is 0 Å². The molecule has 0 radical (unpaired) electrons. The van der Waals surface area contributed by atoms with E-state index in [0.29, 0.717) is 0 Å². The second kappa shape index (κ2) is 4.14. The van der Waals surface area contributed by atoms with Crippen LogP contribution in [0.25, 0.3) is 0 Å². The lowest BCUT2D eigenvalue weighted by Crippen LogP contribution is -2.40. The summed E-state index contributed by atoms with van der Waals surface area (Å²) in [5.41, 5.74) is 0. The summed E-state index contributed by atoms with van der Waals surface area (Å²) in [5.74, 6) is 0. The lowest BCUT2D eigenvalue weighted by atomic mass is 10.3. The zero-order valence-corrected chi connectivity index (χ0v) is 7.71. The van der Waals surface area contributed by atoms with Crippen molar-refractivity contribution in [1.29, 1.82) is 0 Å². The third-order valence-corrected chi connectivity index (χ3v) is 2.01. The molecule has 7 heteroatoms. The summed E-state index contributed by atoms with van der Waals surface area (Å²) in [4.78, 5) is 27.3. The molecule has 80 valence electrons. The molecule has 1 heterocycles. The molecule has 1 aliphatic rings. The van der Waals surface area contributed by atoms with Crippen molar-refractivity contribution in [3.05, 3.63) is 0 Å². The predicted molar refractivity (Wildman–Crippen MR) is 44.9 cm³/mol. The van der Waals surface area contributed by atoms with Crippen LogP contribution in [-0.4, -0.2) is 58.1 Å². The molecular formula is C7H12N2O5. The minimum absolute atomic E-state index is 0.0337. The molecule has 0 spiro atoms. The number of amides is 2. The van der Waals surface area contributed by atoms with E-state index in [1.54, 1.807) is 6.92 Å². The van der Waals surface area contributed by atoms with E-state index in [1.807, 2.05) is 0 Å². The fourth-order valence-corrected chi connectivity index (χ4v) is 1.21. The third-order valence-electron chi connectivity index (χ3n) is 2.01. The van der Waals surface area contributed by atoms with E-state index < -0.39 is 12.2 Å². The molecule has 2 amide bonds. The highest BCUT2D eigenvalue weighted by molar-refractivity contribution is 5.66. The molecule has 0 saturated carbocycles. The average molecular weight is 204 g/mol. The summed E-state index contributed by atoms with van der Waals surface area (Å²) in [6.07, 6.45) is -2.27. The Hall–Kier alpha value is -1.50. The molecule has 0 aromatic carbocycles. The monoisotopic (exact) mass is 204 g/mol. The van der Waals surface area contributed by atoms with Crippen LogP contribution in [-0.2, 0) is 4.84 Å². The van der Waals surface area contributed by atoms with Gasteiger partial charge in [0.1, 0.15) is 0 Å². The van der Waals surface area contributed by atoms with Crippen LogP contribution in [0.5, 0.6) is 0 Å². The molecular weight excluding hydrogens is 192 g/mol. The van der Waals surface area contributed by atoms with Gasteiger partial charge in [-0.2, -0.15) is 5.06 Å². The van der Waals surface area contributed by atoms with E-state index >= 15 is 0 Å². The van der Waals surface area contributed by atoms with Crippen LogP contribution < -0.4 is 0 Å². The molecule has 1 fully saturated rings. The van der Waals surface area contributed by atoms with Crippen molar-refractivity contribution in [2.45, 2.75) is 13.0 Å². The summed E-state index contributed by atoms with van der Waals surface area (Å²) >= 11 is 0. The van der Waals surface area contributed by atoms with Crippen molar-refractivity contribution < 1.29 is 24.6 Å². The fourth-order valence-electron chi connectivity index (χ4n) is 1.21. The molecule has 2 N–H and O–H groups in total. The molecule has 1 aliphatic heterocycles. The SMILES string of the molecule is C[C@@H]1CON(C(=O)O)CCN1C(=O)O. The minimum atomic E-state index is -1.20. The molecule has 1 rings (SSSR count). The van der Waals surface area contributed by atoms with Gasteiger partial charge in [-0.25, -0.2) is 9.59 Å². The van der Waals surface area contributed by atoms with Crippen LogP contribution in [0.2, 0.25) is 0 Å². The van der Waals surface area contributed by atoms with Crippen LogP contribution in [0, 0.1) is 0 Å². The number of hydrogen-bond acceptors (Lipinski definition) is 3. The van der Waals surface area contributed by atoms with E-state index in [-0.39, 0.29) is 25.7 Å². The van der Waals surface area contributed by atoms with Crippen LogP contribution in [0.1, 0.15) is 6.92 Å². The van der Waals surface area contributed by atoms with Gasteiger partial charge < -0.3 is 15.1 Å². The number of hydrogen-bond donors (Lipinski definition) is 2. The predicted octanol–water partition coefficient (Wildman–Crippen LogP) is 0.280. The Balaban J connectivity index is 2.62. The third kappa shape index (κ3) is 2.25. The minimum Gasteiger partial charge on any atom is -0.465 e. The number of carboxylic acid groups (broad SMARTS) is 2. The number of nitrogens with zero attached hydrogens (tertiary/aromatic N) is 2. The van der Waals surface area contributed by atoms with Crippen molar-refractivity contribution in [3.8, 4) is 0 Å². The first-order valence-electron chi connectivity index (χ1n) is 4.15. The fraction of sp³-hybridized carbons (Fsp3) is 0.714. The van der Waals surface area contributed by atoms with Crippen LogP contribution in [0.4, 0.5) is 9.59 Å². The highest BCUT2D eigenvalue weighted by Gasteiger charge is 2.27. The van der Waals surface area contributed by atoms with Crippen molar-refractivity contribution >= 4 is 12.2 Å². The lowest BCUT2D eigenvalue weighted by molar-refractivity contribution is -0.124. The Kier molecular flexibility index (Phi) is 3.13. The molecule has 7 nitrogen and oxygen atoms in total. The number of rotatable bonds is 0. The molecule has 0 aromatic heterocycles. The zero-order valence-electron chi connectivity index (χ0n) is 7.71. The van der Waals surface area contributed by atoms with Crippen molar-refractivity contribution in [1.82, 2.24) is 9.96 Å². The molecule has 1 saturated heterocycles. The van der Waals surface area contributed by atoms with E-state index in [9.17, 15) is 9.59 Å². The molecule has 0 unspecified atom stereocenters. The number of hydroxylamine groups is 2. The van der Waals surface area contributed by atoms with Gasteiger partial charge in [0.25, 0.3) is 0 Å². The summed E-state index contributed by atoms with van der Waals surface area (Å²) in [6, 6.07) is -0.336. The van der Waals surface area contributed by atoms with Crippen LogP contribution >= 0.6 is 0 Å². The Labute approximate surface area is 80.4 Å². The van der Waals surface area contributed by atoms with Crippen LogP contribution in [0.3, 0.4) is 0 Å². The molecule has 14 heavy (non-hydrogen) atoms. The van der Waals surface area contributed by atoms with Crippen LogP contribution in [0.15, 0.2) is 0 Å². The Morgan fingerprint density at radius 2 is 1.93 bits per heavy atom. The maximum atomic E-state index is 10.7. The van der Waals surface area contributed by atoms with E-state index in [2.05, 4.69) is 0 Å². The van der Waals surface area contributed by atoms with Crippen molar-refractivity contribution in [3.63, 3.8) is 0 Å². The molecule has 1 atom stereocenters. The summed E-state index contributed by atoms with van der Waals surface area (Å²) in [7, 11) is 0. The van der Waals surface area contributed by atoms with Gasteiger partial charge in [-0.05, 0) is 6.92 Å². The molecule has 0 aromatic rings. The van der Waals surface area contributed by atoms with Gasteiger partial charge >= 0.3 is 12.2 Å². The largest absolute Gasteiger partial charge is 0.465 e. The quantitative estimate of drug-likeness (QED) is 0.591. The van der Waals surface area contributed by atoms with Gasteiger partial charge in [0, 0.05) is 6.54 Å². The Morgan fingerprint density at radius 3 is 2.43 bits per heavy atom. The average Bonchev–Trinajstić information content (AvgIpc) is 2.26. The van der Waals surface area contributed by atoms with Gasteiger partial charge in [-0.3, -0.25) is 4.84 Å². The highest BCUT2D eigenvalue weighted by atomic mass is 16.7. The Morgan fingerprint density at radius 1 is 1.29 bits per heavy atom. The highest BCUT2D eigenvalue weighted by Crippen LogP contribution is 2.07. The normalized spacial score (nSPS) is 23.1. The second-order valence-corrected chi connectivity index (χ2v) is 3.01. The molecule has 0 aliphatic carbocycles. The first-order valence-corrected chi connectivity index (χ1v) is 4.15. The van der Waals surface area contributed by atoms with Gasteiger partial charge in [0.15, 0.2) is 0 Å². The van der Waals surface area contributed by atoms with Crippen molar-refractivity contribution in [2.75, 3.05) is 19.7 Å². The van der Waals surface area contributed by atoms with E-state index in [4.69, 9.17) is 15.1 Å². The molecule has 0 bridgehead atoms. The van der Waals surface area contributed by atoms with Crippen molar-refractivity contribution in [2.24, 2.45) is 0 Å². The van der Waals surface area contributed by atoms with E-state index in [0.717, 1.165) is 9.96 Å². The van der Waals surface area contributed by atoms with Gasteiger partial charge in [0.05, 0.1) is 19.2 Å². The first kappa shape index (κ1) is 10.6. The Bertz CT molecular complexity index is 244. The smallest absolute Gasteiger partial charge is 0.431 e. The summed E-state index contributed by atoms with van der Waals surface area (Å²) in [5, 5.41) is 18.1. The van der Waals surface area contributed by atoms with E-state index in [1.165, 1.54) is 0 Å². The van der Waals surface area contributed by atoms with Gasteiger partial charge in [0.2, 0.25) is 0 Å². The lowest BCUT2D eigenvalue weighted by Gasteiger charge is -2.21. The maximum absolute atomic E-state index is 10.7. The topological polar surface area (TPSA) is 90.3 Å².